The van der Waals surface area contributed by atoms with E-state index in [1.54, 1.807) is 80.1 Å². The van der Waals surface area contributed by atoms with E-state index in [0.717, 1.165) is 16.5 Å². The highest BCUT2D eigenvalue weighted by atomic mass is 32.2. The van der Waals surface area contributed by atoms with E-state index in [0.29, 0.717) is 34.3 Å². The van der Waals surface area contributed by atoms with Gasteiger partial charge in [0.15, 0.2) is 0 Å². The minimum Gasteiger partial charge on any atom is -0.497 e. The lowest BCUT2D eigenvalue weighted by atomic mass is 10.2. The predicted molar refractivity (Wildman–Crippen MR) is 150 cm³/mol. The Bertz CT molecular complexity index is 1720. The van der Waals surface area contributed by atoms with Gasteiger partial charge in [0.25, 0.3) is 10.0 Å². The molecule has 0 fully saturated rings. The average molecular weight is 524 g/mol. The fraction of sp³-hybridized carbons (Fsp3) is 0.0667. The molecular formula is C30H25N3O4S. The van der Waals surface area contributed by atoms with Gasteiger partial charge in [-0.05, 0) is 67.6 Å². The fourth-order valence-corrected chi connectivity index (χ4v) is 4.83. The molecule has 0 saturated carbocycles. The Labute approximate surface area is 221 Å². The van der Waals surface area contributed by atoms with E-state index in [2.05, 4.69) is 14.7 Å². The van der Waals surface area contributed by atoms with E-state index in [9.17, 15) is 8.42 Å². The number of pyridine rings is 1. The number of para-hydroxylation sites is 1. The van der Waals surface area contributed by atoms with Crippen LogP contribution in [0.3, 0.4) is 0 Å². The van der Waals surface area contributed by atoms with Crippen LogP contribution in [0, 0.1) is 6.92 Å². The van der Waals surface area contributed by atoms with E-state index in [-0.39, 0.29) is 4.90 Å². The highest BCUT2D eigenvalue weighted by molar-refractivity contribution is 7.92. The van der Waals surface area contributed by atoms with Crippen LogP contribution in [-0.4, -0.2) is 26.7 Å². The summed E-state index contributed by atoms with van der Waals surface area (Å²) >= 11 is 0. The summed E-state index contributed by atoms with van der Waals surface area (Å²) in [6.45, 7) is 1.90. The summed E-state index contributed by atoms with van der Waals surface area (Å²) in [6.07, 6.45) is 1.60. The Morgan fingerprint density at radius 1 is 0.816 bits per heavy atom. The SMILES string of the molecule is COc1ccc(Oc2ccc(NS(=O)(=O)c3ccc(C)cc3)c(/N=C/c3ccc4ccccc4n3)c2)cc1. The molecule has 1 aromatic heterocycles. The molecular weight excluding hydrogens is 498 g/mol. The molecule has 4 aromatic carbocycles. The van der Waals surface area contributed by atoms with Crippen LogP contribution in [0.5, 0.6) is 17.2 Å². The predicted octanol–water partition coefficient (Wildman–Crippen LogP) is 6.90. The molecule has 0 saturated heterocycles. The number of nitrogens with one attached hydrogen (secondary N) is 1. The van der Waals surface area contributed by atoms with Crippen molar-refractivity contribution in [2.24, 2.45) is 4.99 Å². The normalized spacial score (nSPS) is 11.5. The summed E-state index contributed by atoms with van der Waals surface area (Å²) < 4.78 is 40.1. The zero-order valence-electron chi connectivity index (χ0n) is 20.8. The van der Waals surface area contributed by atoms with Gasteiger partial charge in [-0.2, -0.15) is 0 Å². The molecule has 38 heavy (non-hydrogen) atoms. The van der Waals surface area contributed by atoms with E-state index >= 15 is 0 Å². The van der Waals surface area contributed by atoms with E-state index in [4.69, 9.17) is 9.47 Å². The van der Waals surface area contributed by atoms with Crippen molar-refractivity contribution in [3.8, 4) is 17.2 Å². The van der Waals surface area contributed by atoms with Crippen LogP contribution in [-0.2, 0) is 10.0 Å². The molecule has 0 aliphatic heterocycles. The third kappa shape index (κ3) is 5.82. The molecule has 0 unspecified atom stereocenters. The Balaban J connectivity index is 1.49. The van der Waals surface area contributed by atoms with Crippen LogP contribution < -0.4 is 14.2 Å². The smallest absolute Gasteiger partial charge is 0.261 e. The first kappa shape index (κ1) is 25.0. The lowest BCUT2D eigenvalue weighted by Gasteiger charge is -2.13. The van der Waals surface area contributed by atoms with Crippen molar-refractivity contribution in [2.75, 3.05) is 11.8 Å². The Morgan fingerprint density at radius 3 is 2.29 bits per heavy atom. The minimum atomic E-state index is -3.84. The summed E-state index contributed by atoms with van der Waals surface area (Å²) in [4.78, 5) is 9.38. The molecule has 190 valence electrons. The van der Waals surface area contributed by atoms with Gasteiger partial charge in [0.05, 0.1) is 40.8 Å². The van der Waals surface area contributed by atoms with Gasteiger partial charge in [0.2, 0.25) is 0 Å². The third-order valence-electron chi connectivity index (χ3n) is 5.80. The van der Waals surface area contributed by atoms with Gasteiger partial charge in [-0.1, -0.05) is 42.0 Å². The van der Waals surface area contributed by atoms with Crippen molar-refractivity contribution in [3.05, 3.63) is 114 Å². The van der Waals surface area contributed by atoms with E-state index in [1.807, 2.05) is 43.3 Å². The third-order valence-corrected chi connectivity index (χ3v) is 7.18. The monoisotopic (exact) mass is 523 g/mol. The van der Waals surface area contributed by atoms with Crippen molar-refractivity contribution in [1.82, 2.24) is 4.98 Å². The molecule has 0 radical (unpaired) electrons. The average Bonchev–Trinajstić information content (AvgIpc) is 2.93. The summed E-state index contributed by atoms with van der Waals surface area (Å²) in [5, 5.41) is 1.02. The quantitative estimate of drug-likeness (QED) is 0.224. The first-order valence-corrected chi connectivity index (χ1v) is 13.3. The molecule has 5 aromatic rings. The van der Waals surface area contributed by atoms with Gasteiger partial charge in [-0.25, -0.2) is 13.4 Å². The molecule has 0 aliphatic rings. The van der Waals surface area contributed by atoms with Gasteiger partial charge < -0.3 is 9.47 Å². The highest BCUT2D eigenvalue weighted by Gasteiger charge is 2.16. The minimum absolute atomic E-state index is 0.160. The number of aryl methyl sites for hydroxylation is 1. The van der Waals surface area contributed by atoms with Gasteiger partial charge in [0.1, 0.15) is 17.2 Å². The van der Waals surface area contributed by atoms with Crippen molar-refractivity contribution < 1.29 is 17.9 Å². The molecule has 0 aliphatic carbocycles. The highest BCUT2D eigenvalue weighted by Crippen LogP contribution is 2.34. The maximum absolute atomic E-state index is 13.1. The van der Waals surface area contributed by atoms with Gasteiger partial charge in [-0.3, -0.25) is 9.71 Å². The molecule has 7 nitrogen and oxygen atoms in total. The Hall–Kier alpha value is -4.69. The van der Waals surface area contributed by atoms with Crippen LogP contribution in [0.2, 0.25) is 0 Å². The molecule has 1 N–H and O–H groups in total. The first-order chi connectivity index (χ1) is 18.4. The number of ether oxygens (including phenoxy) is 2. The van der Waals surface area contributed by atoms with Crippen LogP contribution in [0.25, 0.3) is 10.9 Å². The number of fused-ring (bicyclic) bond motifs is 1. The van der Waals surface area contributed by atoms with Crippen molar-refractivity contribution in [1.29, 1.82) is 0 Å². The fourth-order valence-electron chi connectivity index (χ4n) is 3.76. The first-order valence-electron chi connectivity index (χ1n) is 11.8. The summed E-state index contributed by atoms with van der Waals surface area (Å²) in [5.74, 6) is 1.81. The van der Waals surface area contributed by atoms with Crippen molar-refractivity contribution in [3.63, 3.8) is 0 Å². The number of rotatable bonds is 8. The molecule has 8 heteroatoms. The number of methoxy groups -OCH3 is 1. The number of benzene rings is 4. The summed E-state index contributed by atoms with van der Waals surface area (Å²) in [6, 6.07) is 30.4. The summed E-state index contributed by atoms with van der Waals surface area (Å²) in [7, 11) is -2.24. The molecule has 0 atom stereocenters. The number of aliphatic imine (C=N–C) groups is 1. The Kier molecular flexibility index (Phi) is 7.06. The van der Waals surface area contributed by atoms with Crippen LogP contribution in [0.4, 0.5) is 11.4 Å². The van der Waals surface area contributed by atoms with Gasteiger partial charge >= 0.3 is 0 Å². The van der Waals surface area contributed by atoms with Gasteiger partial charge in [0, 0.05) is 11.5 Å². The summed E-state index contributed by atoms with van der Waals surface area (Å²) in [5.41, 5.74) is 3.13. The maximum atomic E-state index is 13.1. The number of hydrogen-bond acceptors (Lipinski definition) is 6. The molecule has 1 heterocycles. The maximum Gasteiger partial charge on any atom is 0.261 e. The van der Waals surface area contributed by atoms with Crippen LogP contribution in [0.1, 0.15) is 11.3 Å². The van der Waals surface area contributed by atoms with Crippen molar-refractivity contribution >= 4 is 38.5 Å². The molecule has 5 rings (SSSR count). The Morgan fingerprint density at radius 2 is 1.53 bits per heavy atom. The van der Waals surface area contributed by atoms with Crippen molar-refractivity contribution in [2.45, 2.75) is 11.8 Å². The molecule has 0 bridgehead atoms. The zero-order chi connectivity index (χ0) is 26.5. The lowest BCUT2D eigenvalue weighted by molar-refractivity contribution is 0.413. The topological polar surface area (TPSA) is 89.9 Å². The second-order valence-corrected chi connectivity index (χ2v) is 10.2. The lowest BCUT2D eigenvalue weighted by Crippen LogP contribution is -2.13. The number of aromatic nitrogens is 1. The zero-order valence-corrected chi connectivity index (χ0v) is 21.6. The largest absolute Gasteiger partial charge is 0.497 e. The van der Waals surface area contributed by atoms with Gasteiger partial charge in [-0.15, -0.1) is 0 Å². The van der Waals surface area contributed by atoms with E-state index in [1.165, 1.54) is 0 Å². The number of hydrogen-bond donors (Lipinski definition) is 1. The van der Waals surface area contributed by atoms with Crippen LogP contribution >= 0.6 is 0 Å². The number of nitrogens with zero attached hydrogens (tertiary/aromatic N) is 2. The van der Waals surface area contributed by atoms with Crippen LogP contribution in [0.15, 0.2) is 113 Å². The second-order valence-electron chi connectivity index (χ2n) is 8.56. The number of anilines is 1. The standard InChI is InChI=1S/C30H25N3O4S/c1-21-7-16-27(17-8-21)38(34,35)33-29-18-15-26(37-25-13-11-24(36-2)12-14-25)19-30(29)31-20-23-10-9-22-5-3-4-6-28(22)32-23/h3-20,33H,1-2H3/b31-20+. The molecule has 0 amide bonds. The molecule has 0 spiro atoms. The van der Waals surface area contributed by atoms with E-state index < -0.39 is 10.0 Å². The number of sulfonamides is 1. The second kappa shape index (κ2) is 10.7.